The summed E-state index contributed by atoms with van der Waals surface area (Å²) in [6.45, 7) is 2.85. The van der Waals surface area contributed by atoms with Crippen molar-refractivity contribution in [2.75, 3.05) is 0 Å². The average Bonchev–Trinajstić information content (AvgIpc) is 3.51. The molecule has 2 aromatic heterocycles. The van der Waals surface area contributed by atoms with Crippen LogP contribution in [0.3, 0.4) is 0 Å². The van der Waals surface area contributed by atoms with E-state index < -0.39 is 47.9 Å². The molecule has 0 aliphatic carbocycles. The zero-order valence-electron chi connectivity index (χ0n) is 21.7. The molecule has 0 radical (unpaired) electrons. The van der Waals surface area contributed by atoms with E-state index in [9.17, 15) is 24.3 Å². The van der Waals surface area contributed by atoms with Crippen molar-refractivity contribution in [2.24, 2.45) is 5.73 Å². The van der Waals surface area contributed by atoms with Crippen molar-refractivity contribution >= 4 is 45.5 Å². The van der Waals surface area contributed by atoms with E-state index in [2.05, 4.69) is 25.9 Å². The second-order valence-corrected chi connectivity index (χ2v) is 9.61. The molecular weight excluding hydrogens is 500 g/mol. The minimum Gasteiger partial charge on any atom is -0.480 e. The number of hydrogen-bond donors (Lipinski definition) is 7. The predicted molar refractivity (Wildman–Crippen MR) is 147 cm³/mol. The number of benzene rings is 2. The largest absolute Gasteiger partial charge is 0.480 e. The van der Waals surface area contributed by atoms with Gasteiger partial charge in [-0.1, -0.05) is 36.4 Å². The van der Waals surface area contributed by atoms with Crippen LogP contribution in [-0.4, -0.2) is 62.9 Å². The van der Waals surface area contributed by atoms with E-state index in [4.69, 9.17) is 5.73 Å². The number of carbonyl (C=O) groups is 4. The number of carboxylic acid groups (broad SMARTS) is 1. The Kier molecular flexibility index (Phi) is 8.30. The van der Waals surface area contributed by atoms with Gasteiger partial charge in [0.25, 0.3) is 0 Å². The summed E-state index contributed by atoms with van der Waals surface area (Å²) in [4.78, 5) is 57.0. The first-order valence-corrected chi connectivity index (χ1v) is 12.6. The third-order valence-corrected chi connectivity index (χ3v) is 6.61. The molecule has 0 bridgehead atoms. The van der Waals surface area contributed by atoms with Crippen LogP contribution in [0.25, 0.3) is 21.8 Å². The van der Waals surface area contributed by atoms with Crippen molar-refractivity contribution in [1.29, 1.82) is 0 Å². The van der Waals surface area contributed by atoms with Gasteiger partial charge < -0.3 is 36.8 Å². The SMILES string of the molecule is CC(N)C(=O)NC(Cc1c[nH]c2ccccc12)C(=O)NC(Cc1c[nH]c2ccccc12)C(=O)NC(C)C(=O)O. The fourth-order valence-electron chi connectivity index (χ4n) is 4.41. The topological polar surface area (TPSA) is 182 Å². The summed E-state index contributed by atoms with van der Waals surface area (Å²) in [5.41, 5.74) is 9.05. The lowest BCUT2D eigenvalue weighted by Crippen LogP contribution is -2.57. The Morgan fingerprint density at radius 2 is 1.18 bits per heavy atom. The highest BCUT2D eigenvalue weighted by Crippen LogP contribution is 2.21. The van der Waals surface area contributed by atoms with Gasteiger partial charge in [-0.3, -0.25) is 19.2 Å². The molecule has 0 spiro atoms. The molecule has 3 amide bonds. The quantitative estimate of drug-likeness (QED) is 0.153. The van der Waals surface area contributed by atoms with E-state index in [1.165, 1.54) is 13.8 Å². The number of aromatic amines is 2. The predicted octanol–water partition coefficient (Wildman–Crippen LogP) is 1.34. The zero-order chi connectivity index (χ0) is 28.1. The van der Waals surface area contributed by atoms with Gasteiger partial charge in [0.2, 0.25) is 17.7 Å². The third kappa shape index (κ3) is 6.44. The molecule has 11 nitrogen and oxygen atoms in total. The van der Waals surface area contributed by atoms with Crippen LogP contribution in [0.4, 0.5) is 0 Å². The first kappa shape index (κ1) is 27.4. The molecular formula is C28H32N6O5. The van der Waals surface area contributed by atoms with Crippen molar-refractivity contribution < 1.29 is 24.3 Å². The van der Waals surface area contributed by atoms with E-state index in [1.54, 1.807) is 12.4 Å². The molecule has 11 heteroatoms. The van der Waals surface area contributed by atoms with Gasteiger partial charge in [-0.05, 0) is 37.1 Å². The molecule has 4 aromatic rings. The number of carbonyl (C=O) groups excluding carboxylic acids is 3. The van der Waals surface area contributed by atoms with Gasteiger partial charge in [-0.25, -0.2) is 0 Å². The molecule has 0 saturated carbocycles. The highest BCUT2D eigenvalue weighted by Gasteiger charge is 2.30. The lowest BCUT2D eigenvalue weighted by molar-refractivity contribution is -0.141. The van der Waals surface area contributed by atoms with Crippen LogP contribution in [0.15, 0.2) is 60.9 Å². The summed E-state index contributed by atoms with van der Waals surface area (Å²) < 4.78 is 0. The summed E-state index contributed by atoms with van der Waals surface area (Å²) in [6.07, 6.45) is 3.75. The van der Waals surface area contributed by atoms with E-state index in [-0.39, 0.29) is 12.8 Å². The van der Waals surface area contributed by atoms with Gasteiger partial charge in [-0.2, -0.15) is 0 Å². The molecule has 8 N–H and O–H groups in total. The Morgan fingerprint density at radius 3 is 1.64 bits per heavy atom. The number of nitrogens with two attached hydrogens (primary N) is 1. The second kappa shape index (κ2) is 11.8. The number of nitrogens with one attached hydrogen (secondary N) is 5. The molecule has 4 atom stereocenters. The lowest BCUT2D eigenvalue weighted by Gasteiger charge is -2.24. The Morgan fingerprint density at radius 1 is 0.744 bits per heavy atom. The van der Waals surface area contributed by atoms with Crippen molar-refractivity contribution in [3.63, 3.8) is 0 Å². The van der Waals surface area contributed by atoms with Crippen molar-refractivity contribution in [3.05, 3.63) is 72.1 Å². The number of hydrogen-bond acceptors (Lipinski definition) is 5. The Hall–Kier alpha value is -4.64. The molecule has 0 saturated heterocycles. The van der Waals surface area contributed by atoms with Crippen molar-refractivity contribution in [2.45, 2.75) is 50.9 Å². The number of H-pyrrole nitrogens is 2. The summed E-state index contributed by atoms with van der Waals surface area (Å²) in [5, 5.41) is 18.9. The molecule has 0 aliphatic rings. The molecule has 204 valence electrons. The summed E-state index contributed by atoms with van der Waals surface area (Å²) in [7, 11) is 0. The maximum Gasteiger partial charge on any atom is 0.325 e. The maximum atomic E-state index is 13.6. The van der Waals surface area contributed by atoms with E-state index in [0.717, 1.165) is 32.9 Å². The molecule has 0 fully saturated rings. The Balaban J connectivity index is 1.61. The lowest BCUT2D eigenvalue weighted by atomic mass is 10.0. The van der Waals surface area contributed by atoms with Crippen LogP contribution in [0.5, 0.6) is 0 Å². The van der Waals surface area contributed by atoms with Crippen LogP contribution < -0.4 is 21.7 Å². The minimum atomic E-state index is -1.21. The minimum absolute atomic E-state index is 0.0922. The smallest absolute Gasteiger partial charge is 0.325 e. The van der Waals surface area contributed by atoms with Gasteiger partial charge in [0, 0.05) is 47.0 Å². The Labute approximate surface area is 224 Å². The molecule has 0 aliphatic heterocycles. The summed E-state index contributed by atoms with van der Waals surface area (Å²) >= 11 is 0. The van der Waals surface area contributed by atoms with Crippen LogP contribution in [-0.2, 0) is 32.0 Å². The number of fused-ring (bicyclic) bond motifs is 2. The fraction of sp³-hybridized carbons (Fsp3) is 0.286. The van der Waals surface area contributed by atoms with Gasteiger partial charge in [0.1, 0.15) is 18.1 Å². The van der Waals surface area contributed by atoms with E-state index >= 15 is 0 Å². The van der Waals surface area contributed by atoms with Gasteiger partial charge in [0.15, 0.2) is 0 Å². The first-order chi connectivity index (χ1) is 18.6. The average molecular weight is 533 g/mol. The van der Waals surface area contributed by atoms with Crippen molar-refractivity contribution in [3.8, 4) is 0 Å². The van der Waals surface area contributed by atoms with Gasteiger partial charge >= 0.3 is 5.97 Å². The Bertz CT molecular complexity index is 1510. The highest BCUT2D eigenvalue weighted by molar-refractivity contribution is 5.95. The number of rotatable bonds is 11. The molecule has 4 unspecified atom stereocenters. The third-order valence-electron chi connectivity index (χ3n) is 6.61. The monoisotopic (exact) mass is 532 g/mol. The molecule has 2 heterocycles. The molecule has 39 heavy (non-hydrogen) atoms. The zero-order valence-corrected chi connectivity index (χ0v) is 21.7. The highest BCUT2D eigenvalue weighted by atomic mass is 16.4. The number of aromatic nitrogens is 2. The standard InChI is InChI=1S/C28H32N6O5/c1-15(29)25(35)33-24(12-18-14-31-22-10-6-4-8-20(18)22)27(37)34-23(26(36)32-16(2)28(38)39)11-17-13-30-21-9-5-3-7-19(17)21/h3-10,13-16,23-24,30-31H,11-12,29H2,1-2H3,(H,32,36)(H,33,35)(H,34,37)(H,38,39). The van der Waals surface area contributed by atoms with Gasteiger partial charge in [0.05, 0.1) is 6.04 Å². The number of carboxylic acids is 1. The number of amides is 3. The van der Waals surface area contributed by atoms with Crippen LogP contribution in [0.2, 0.25) is 0 Å². The normalized spacial score (nSPS) is 14.3. The van der Waals surface area contributed by atoms with Crippen molar-refractivity contribution in [1.82, 2.24) is 25.9 Å². The summed E-state index contributed by atoms with van der Waals surface area (Å²) in [5.74, 6) is -2.99. The number of para-hydroxylation sites is 2. The van der Waals surface area contributed by atoms with Gasteiger partial charge in [-0.15, -0.1) is 0 Å². The van der Waals surface area contributed by atoms with E-state index in [1.807, 2.05) is 48.5 Å². The van der Waals surface area contributed by atoms with Crippen LogP contribution >= 0.6 is 0 Å². The first-order valence-electron chi connectivity index (χ1n) is 12.6. The maximum absolute atomic E-state index is 13.6. The summed E-state index contributed by atoms with van der Waals surface area (Å²) in [6, 6.07) is 10.9. The second-order valence-electron chi connectivity index (χ2n) is 9.61. The van der Waals surface area contributed by atoms with E-state index in [0.29, 0.717) is 0 Å². The van der Waals surface area contributed by atoms with Crippen LogP contribution in [0.1, 0.15) is 25.0 Å². The van der Waals surface area contributed by atoms with Crippen LogP contribution in [0, 0.1) is 0 Å². The fourth-order valence-corrected chi connectivity index (χ4v) is 4.41. The molecule has 4 rings (SSSR count). The number of aliphatic carboxylic acids is 1. The molecule has 2 aromatic carbocycles.